The first-order valence-electron chi connectivity index (χ1n) is 9.75. The van der Waals surface area contributed by atoms with Gasteiger partial charge in [-0.05, 0) is 43.9 Å². The number of nitrogens with zero attached hydrogens (tertiary/aromatic N) is 7. The van der Waals surface area contributed by atoms with Gasteiger partial charge in [0.05, 0.1) is 0 Å². The Morgan fingerprint density at radius 1 is 1.03 bits per heavy atom. The lowest BCUT2D eigenvalue weighted by Crippen LogP contribution is -2.31. The molecule has 0 bridgehead atoms. The van der Waals surface area contributed by atoms with Gasteiger partial charge >= 0.3 is 0 Å². The average molecular weight is 431 g/mol. The first-order chi connectivity index (χ1) is 14.2. The van der Waals surface area contributed by atoms with Crippen molar-refractivity contribution >= 4 is 35.3 Å². The highest BCUT2D eigenvalue weighted by atomic mass is 35.5. The third-order valence-corrected chi connectivity index (χ3v) is 5.72. The van der Waals surface area contributed by atoms with E-state index in [9.17, 15) is 0 Å². The van der Waals surface area contributed by atoms with Gasteiger partial charge in [0.2, 0.25) is 17.1 Å². The molecule has 1 fully saturated rings. The van der Waals surface area contributed by atoms with Crippen LogP contribution in [0.4, 0.5) is 11.9 Å². The van der Waals surface area contributed by atoms with Crippen LogP contribution in [0.2, 0.25) is 5.02 Å². The van der Waals surface area contributed by atoms with Crippen molar-refractivity contribution in [3.05, 3.63) is 41.2 Å². The number of anilines is 2. The van der Waals surface area contributed by atoms with Gasteiger partial charge in [-0.15, -0.1) is 5.10 Å². The smallest absolute Gasteiger partial charge is 0.258 e. The Bertz CT molecular complexity index is 940. The minimum absolute atomic E-state index is 0.474. The first kappa shape index (κ1) is 19.9. The molecule has 3 heterocycles. The van der Waals surface area contributed by atoms with Crippen LogP contribution >= 0.6 is 23.4 Å². The van der Waals surface area contributed by atoms with Crippen LogP contribution in [0.5, 0.6) is 0 Å². The molecule has 29 heavy (non-hydrogen) atoms. The minimum atomic E-state index is 0.474. The number of thioether (sulfide) groups is 1. The SMILES string of the molecule is CCNc1nc(N2CCCCC2)nc(-n2cnc(SCc3ccc(Cl)cc3)n2)n1. The molecular formula is C19H23ClN8S. The van der Waals surface area contributed by atoms with Crippen LogP contribution in [0, 0.1) is 0 Å². The summed E-state index contributed by atoms with van der Waals surface area (Å²) >= 11 is 7.50. The highest BCUT2D eigenvalue weighted by Gasteiger charge is 2.17. The van der Waals surface area contributed by atoms with E-state index in [-0.39, 0.29) is 0 Å². The van der Waals surface area contributed by atoms with E-state index in [4.69, 9.17) is 11.6 Å². The predicted molar refractivity (Wildman–Crippen MR) is 116 cm³/mol. The molecule has 1 aliphatic rings. The van der Waals surface area contributed by atoms with E-state index in [1.54, 1.807) is 22.8 Å². The average Bonchev–Trinajstić information content (AvgIpc) is 3.23. The Hall–Kier alpha value is -2.39. The van der Waals surface area contributed by atoms with Crippen LogP contribution in [-0.2, 0) is 5.75 Å². The number of rotatable bonds is 7. The molecule has 0 saturated carbocycles. The van der Waals surface area contributed by atoms with Crippen molar-refractivity contribution in [2.45, 2.75) is 37.1 Å². The summed E-state index contributed by atoms with van der Waals surface area (Å²) in [7, 11) is 0. The summed E-state index contributed by atoms with van der Waals surface area (Å²) in [6, 6.07) is 7.79. The number of halogens is 1. The Kier molecular flexibility index (Phi) is 6.46. The molecule has 152 valence electrons. The van der Waals surface area contributed by atoms with Gasteiger partial charge in [-0.1, -0.05) is 35.5 Å². The van der Waals surface area contributed by atoms with E-state index < -0.39 is 0 Å². The highest BCUT2D eigenvalue weighted by molar-refractivity contribution is 7.98. The van der Waals surface area contributed by atoms with E-state index in [1.807, 2.05) is 31.2 Å². The lowest BCUT2D eigenvalue weighted by Gasteiger charge is -2.26. The second kappa shape index (κ2) is 9.41. The van der Waals surface area contributed by atoms with Gasteiger partial charge in [0, 0.05) is 30.4 Å². The molecule has 0 unspecified atom stereocenters. The summed E-state index contributed by atoms with van der Waals surface area (Å²) in [6.07, 6.45) is 5.22. The molecule has 0 atom stereocenters. The molecule has 1 saturated heterocycles. The van der Waals surface area contributed by atoms with Crippen molar-refractivity contribution in [1.29, 1.82) is 0 Å². The van der Waals surface area contributed by atoms with Crippen molar-refractivity contribution in [3.63, 3.8) is 0 Å². The Morgan fingerprint density at radius 2 is 1.79 bits per heavy atom. The number of hydrogen-bond acceptors (Lipinski definition) is 8. The normalized spacial score (nSPS) is 14.2. The number of benzene rings is 1. The van der Waals surface area contributed by atoms with E-state index in [1.165, 1.54) is 6.42 Å². The lowest BCUT2D eigenvalue weighted by atomic mass is 10.1. The van der Waals surface area contributed by atoms with Crippen LogP contribution in [0.15, 0.2) is 35.7 Å². The Balaban J connectivity index is 1.52. The second-order valence-electron chi connectivity index (χ2n) is 6.72. The fourth-order valence-electron chi connectivity index (χ4n) is 3.07. The molecule has 4 rings (SSSR count). The van der Waals surface area contributed by atoms with Crippen LogP contribution < -0.4 is 10.2 Å². The van der Waals surface area contributed by atoms with Gasteiger partial charge in [0.25, 0.3) is 5.95 Å². The molecule has 8 nitrogen and oxygen atoms in total. The fourth-order valence-corrected chi connectivity index (χ4v) is 3.95. The van der Waals surface area contributed by atoms with Gasteiger partial charge in [-0.25, -0.2) is 4.98 Å². The van der Waals surface area contributed by atoms with Gasteiger partial charge < -0.3 is 10.2 Å². The zero-order valence-corrected chi connectivity index (χ0v) is 17.8. The maximum atomic E-state index is 5.94. The molecule has 3 aromatic rings. The summed E-state index contributed by atoms with van der Waals surface area (Å²) in [6.45, 7) is 4.69. The minimum Gasteiger partial charge on any atom is -0.354 e. The van der Waals surface area contributed by atoms with E-state index >= 15 is 0 Å². The summed E-state index contributed by atoms with van der Waals surface area (Å²) in [5.74, 6) is 2.49. The maximum absolute atomic E-state index is 5.94. The molecule has 2 aromatic heterocycles. The van der Waals surface area contributed by atoms with E-state index in [2.05, 4.69) is 35.3 Å². The van der Waals surface area contributed by atoms with E-state index in [0.717, 1.165) is 48.8 Å². The highest BCUT2D eigenvalue weighted by Crippen LogP contribution is 2.22. The quantitative estimate of drug-likeness (QED) is 0.566. The summed E-state index contributed by atoms with van der Waals surface area (Å²) in [5, 5.41) is 9.14. The number of piperidine rings is 1. The monoisotopic (exact) mass is 430 g/mol. The molecule has 1 N–H and O–H groups in total. The molecule has 0 amide bonds. The topological polar surface area (TPSA) is 84.7 Å². The zero-order chi connectivity index (χ0) is 20.1. The largest absolute Gasteiger partial charge is 0.354 e. The first-order valence-corrected chi connectivity index (χ1v) is 11.1. The fraction of sp³-hybridized carbons (Fsp3) is 0.421. The third-order valence-electron chi connectivity index (χ3n) is 4.54. The van der Waals surface area contributed by atoms with Crippen LogP contribution in [0.3, 0.4) is 0 Å². The zero-order valence-electron chi connectivity index (χ0n) is 16.3. The lowest BCUT2D eigenvalue weighted by molar-refractivity contribution is 0.566. The number of nitrogens with one attached hydrogen (secondary N) is 1. The maximum Gasteiger partial charge on any atom is 0.258 e. The van der Waals surface area contributed by atoms with Crippen molar-refractivity contribution in [1.82, 2.24) is 29.7 Å². The number of aromatic nitrogens is 6. The Labute approximate surface area is 179 Å². The van der Waals surface area contributed by atoms with Crippen LogP contribution in [-0.4, -0.2) is 49.4 Å². The summed E-state index contributed by atoms with van der Waals surface area (Å²) in [4.78, 5) is 20.3. The second-order valence-corrected chi connectivity index (χ2v) is 8.10. The van der Waals surface area contributed by atoms with Crippen LogP contribution in [0.25, 0.3) is 5.95 Å². The van der Waals surface area contributed by atoms with Crippen LogP contribution in [0.1, 0.15) is 31.7 Å². The molecule has 1 aliphatic heterocycles. The standard InChI is InChI=1S/C19H23ClN8S/c1-2-21-16-23-17(27-10-4-3-5-11-27)25-18(24-16)28-13-22-19(26-28)29-12-14-6-8-15(20)9-7-14/h6-9,13H,2-5,10-12H2,1H3,(H,21,23,24,25). The van der Waals surface area contributed by atoms with Crippen molar-refractivity contribution in [2.24, 2.45) is 0 Å². The van der Waals surface area contributed by atoms with Crippen molar-refractivity contribution in [3.8, 4) is 5.95 Å². The van der Waals surface area contributed by atoms with Gasteiger partial charge in [0.15, 0.2) is 0 Å². The van der Waals surface area contributed by atoms with Gasteiger partial charge in [-0.3, -0.25) is 0 Å². The Morgan fingerprint density at radius 3 is 2.55 bits per heavy atom. The molecule has 0 spiro atoms. The molecule has 1 aromatic carbocycles. The molecular weight excluding hydrogens is 408 g/mol. The van der Waals surface area contributed by atoms with Gasteiger partial charge in [-0.2, -0.15) is 19.6 Å². The van der Waals surface area contributed by atoms with Crippen molar-refractivity contribution < 1.29 is 0 Å². The summed E-state index contributed by atoms with van der Waals surface area (Å²) in [5.41, 5.74) is 1.16. The van der Waals surface area contributed by atoms with E-state index in [0.29, 0.717) is 23.0 Å². The molecule has 0 radical (unpaired) electrons. The summed E-state index contributed by atoms with van der Waals surface area (Å²) < 4.78 is 1.61. The molecule has 10 heteroatoms. The third kappa shape index (κ3) is 5.16. The van der Waals surface area contributed by atoms with Gasteiger partial charge in [0.1, 0.15) is 6.33 Å². The molecule has 0 aliphatic carbocycles. The number of hydrogen-bond donors (Lipinski definition) is 1. The predicted octanol–water partition coefficient (Wildman–Crippen LogP) is 3.82. The van der Waals surface area contributed by atoms with Crippen molar-refractivity contribution in [2.75, 3.05) is 29.9 Å².